The molecule has 1 saturated heterocycles. The molecule has 42 heavy (non-hydrogen) atoms. The van der Waals surface area contributed by atoms with E-state index in [-0.39, 0.29) is 18.4 Å². The Labute approximate surface area is 256 Å². The molecule has 1 atom stereocenters. The van der Waals surface area contributed by atoms with Crippen molar-refractivity contribution >= 4 is 21.7 Å². The van der Waals surface area contributed by atoms with E-state index >= 15 is 0 Å². The van der Waals surface area contributed by atoms with Crippen molar-refractivity contribution in [1.29, 1.82) is 5.26 Å². The maximum atomic E-state index is 12.4. The molecule has 4 aromatic rings. The number of carbonyl (C=O) groups is 1. The van der Waals surface area contributed by atoms with E-state index in [4.69, 9.17) is 9.47 Å². The van der Waals surface area contributed by atoms with Crippen LogP contribution in [0.5, 0.6) is 11.5 Å². The second-order valence-electron chi connectivity index (χ2n) is 10.7. The Hall–Kier alpha value is -3.99. The summed E-state index contributed by atoms with van der Waals surface area (Å²) in [4.78, 5) is 18.8. The van der Waals surface area contributed by atoms with Crippen LogP contribution in [-0.4, -0.2) is 28.3 Å². The van der Waals surface area contributed by atoms with E-state index in [1.807, 2.05) is 30.3 Å². The van der Waals surface area contributed by atoms with Gasteiger partial charge in [-0.3, -0.25) is 14.7 Å². The molecular weight excluding hydrogens is 590 g/mol. The molecule has 0 radical (unpaired) electrons. The summed E-state index contributed by atoms with van der Waals surface area (Å²) in [7, 11) is 0. The summed E-state index contributed by atoms with van der Waals surface area (Å²) >= 11 is 3.74. The molecule has 7 heteroatoms. The summed E-state index contributed by atoms with van der Waals surface area (Å²) in [6, 6.07) is 24.4. The Morgan fingerprint density at radius 1 is 1.00 bits per heavy atom. The van der Waals surface area contributed by atoms with E-state index < -0.39 is 0 Å². The summed E-state index contributed by atoms with van der Waals surface area (Å²) < 4.78 is 13.5. The van der Waals surface area contributed by atoms with Crippen molar-refractivity contribution < 1.29 is 14.3 Å². The number of benzene rings is 3. The average molecular weight is 625 g/mol. The van der Waals surface area contributed by atoms with Crippen LogP contribution in [0.1, 0.15) is 54.0 Å². The Morgan fingerprint density at radius 3 is 2.60 bits per heavy atom. The number of hydrogen-bond acceptors (Lipinski definition) is 6. The molecule has 3 aromatic carbocycles. The van der Waals surface area contributed by atoms with E-state index in [0.717, 1.165) is 47.0 Å². The number of nitriles is 1. The summed E-state index contributed by atoms with van der Waals surface area (Å²) in [6.45, 7) is 5.91. The minimum atomic E-state index is -0.0855. The number of hydrogen-bond donors (Lipinski definition) is 0. The fourth-order valence-electron chi connectivity index (χ4n) is 5.52. The van der Waals surface area contributed by atoms with Gasteiger partial charge in [0, 0.05) is 36.1 Å². The van der Waals surface area contributed by atoms with Crippen LogP contribution in [0.4, 0.5) is 0 Å². The number of carbonyl (C=O) groups excluding carboxylic acids is 1. The van der Waals surface area contributed by atoms with Crippen LogP contribution in [0, 0.1) is 18.3 Å². The fraction of sp³-hybridized carbons (Fsp3) is 0.286. The molecule has 0 saturated carbocycles. The van der Waals surface area contributed by atoms with Crippen molar-refractivity contribution in [2.45, 2.75) is 58.9 Å². The second kappa shape index (κ2) is 13.8. The summed E-state index contributed by atoms with van der Waals surface area (Å²) in [5.41, 5.74) is 6.90. The van der Waals surface area contributed by atoms with E-state index in [1.54, 1.807) is 19.2 Å². The molecule has 5 rings (SSSR count). The van der Waals surface area contributed by atoms with Gasteiger partial charge >= 0.3 is 0 Å². The molecule has 0 bridgehead atoms. The van der Waals surface area contributed by atoms with Gasteiger partial charge in [-0.05, 0) is 83.6 Å². The molecule has 1 aromatic heterocycles. The van der Waals surface area contributed by atoms with Crippen LogP contribution in [0.15, 0.2) is 83.6 Å². The molecule has 0 unspecified atom stereocenters. The third kappa shape index (κ3) is 7.07. The topological polar surface area (TPSA) is 75.5 Å². The number of pyridine rings is 1. The van der Waals surface area contributed by atoms with Crippen molar-refractivity contribution in [2.75, 3.05) is 6.54 Å². The van der Waals surface area contributed by atoms with Gasteiger partial charge < -0.3 is 9.47 Å². The third-order valence-corrected chi connectivity index (χ3v) is 8.42. The first-order valence-electron chi connectivity index (χ1n) is 14.2. The van der Waals surface area contributed by atoms with Crippen LogP contribution < -0.4 is 9.47 Å². The monoisotopic (exact) mass is 623 g/mol. The number of ether oxygens (including phenoxy) is 2. The third-order valence-electron chi connectivity index (χ3n) is 7.80. The molecule has 1 fully saturated rings. The standard InChI is InChI=1S/C35H34BrN3O3/c1-24-29(11-8-12-31(24)28-9-4-3-5-10-28)23-42-35-17-34(41-22-27-15-26(18-37)19-38-20-27)30(16-32(35)36)21-39-14-7-6-13-33(39)25(2)40/h3-5,8-12,15-17,19-20,33H,6-7,13-14,21-23H2,1-2H3/t33-/m0/s1. The smallest absolute Gasteiger partial charge is 0.146 e. The lowest BCUT2D eigenvalue weighted by atomic mass is 9.97. The maximum absolute atomic E-state index is 12.4. The lowest BCUT2D eigenvalue weighted by Crippen LogP contribution is -2.43. The van der Waals surface area contributed by atoms with Crippen molar-refractivity contribution in [1.82, 2.24) is 9.88 Å². The van der Waals surface area contributed by atoms with Gasteiger partial charge in [0.15, 0.2) is 0 Å². The molecular formula is C35H34BrN3O3. The largest absolute Gasteiger partial charge is 0.488 e. The first-order valence-corrected chi connectivity index (χ1v) is 15.0. The number of nitrogens with zero attached hydrogens (tertiary/aromatic N) is 3. The molecule has 2 heterocycles. The van der Waals surface area contributed by atoms with Crippen LogP contribution in [0.3, 0.4) is 0 Å². The van der Waals surface area contributed by atoms with Crippen molar-refractivity contribution in [2.24, 2.45) is 0 Å². The molecule has 6 nitrogen and oxygen atoms in total. The zero-order valence-corrected chi connectivity index (χ0v) is 25.6. The summed E-state index contributed by atoms with van der Waals surface area (Å²) in [5, 5.41) is 9.28. The minimum Gasteiger partial charge on any atom is -0.488 e. The normalized spacial score (nSPS) is 15.1. The van der Waals surface area contributed by atoms with Gasteiger partial charge in [0.05, 0.1) is 16.1 Å². The molecule has 1 aliphatic rings. The highest BCUT2D eigenvalue weighted by Gasteiger charge is 2.27. The lowest BCUT2D eigenvalue weighted by Gasteiger charge is -2.34. The Bertz CT molecular complexity index is 1600. The van der Waals surface area contributed by atoms with Gasteiger partial charge in [0.2, 0.25) is 0 Å². The first-order chi connectivity index (χ1) is 20.4. The van der Waals surface area contributed by atoms with Crippen LogP contribution in [0.25, 0.3) is 11.1 Å². The van der Waals surface area contributed by atoms with Crippen LogP contribution in [-0.2, 0) is 24.6 Å². The zero-order chi connectivity index (χ0) is 29.5. The molecule has 0 aliphatic carbocycles. The van der Waals surface area contributed by atoms with Crippen molar-refractivity contribution in [3.8, 4) is 28.7 Å². The highest BCUT2D eigenvalue weighted by atomic mass is 79.9. The zero-order valence-electron chi connectivity index (χ0n) is 24.0. The number of aromatic nitrogens is 1. The number of likely N-dealkylation sites (tertiary alicyclic amines) is 1. The molecule has 214 valence electrons. The van der Waals surface area contributed by atoms with Gasteiger partial charge in [0.25, 0.3) is 0 Å². The highest BCUT2D eigenvalue weighted by molar-refractivity contribution is 9.10. The number of piperidine rings is 1. The first kappa shape index (κ1) is 29.5. The Morgan fingerprint density at radius 2 is 1.81 bits per heavy atom. The van der Waals surface area contributed by atoms with Gasteiger partial charge in [-0.15, -0.1) is 0 Å². The second-order valence-corrected chi connectivity index (χ2v) is 11.6. The van der Waals surface area contributed by atoms with E-state index in [9.17, 15) is 10.1 Å². The van der Waals surface area contributed by atoms with Crippen molar-refractivity contribution in [3.05, 3.63) is 111 Å². The number of ketones is 1. The van der Waals surface area contributed by atoms with E-state index in [2.05, 4.69) is 69.1 Å². The number of halogens is 1. The van der Waals surface area contributed by atoms with Gasteiger partial charge in [-0.1, -0.05) is 55.0 Å². The molecule has 1 aliphatic heterocycles. The van der Waals surface area contributed by atoms with Crippen LogP contribution >= 0.6 is 15.9 Å². The highest BCUT2D eigenvalue weighted by Crippen LogP contribution is 2.36. The van der Waals surface area contributed by atoms with Gasteiger partial charge in [-0.2, -0.15) is 5.26 Å². The predicted molar refractivity (Wildman–Crippen MR) is 167 cm³/mol. The molecule has 0 spiro atoms. The van der Waals surface area contributed by atoms with Gasteiger partial charge in [0.1, 0.15) is 36.6 Å². The van der Waals surface area contributed by atoms with E-state index in [0.29, 0.717) is 30.2 Å². The Kier molecular flexibility index (Phi) is 9.68. The van der Waals surface area contributed by atoms with Crippen molar-refractivity contribution in [3.63, 3.8) is 0 Å². The lowest BCUT2D eigenvalue weighted by molar-refractivity contribution is -0.123. The average Bonchev–Trinajstić information content (AvgIpc) is 3.01. The summed E-state index contributed by atoms with van der Waals surface area (Å²) in [6.07, 6.45) is 6.25. The molecule has 0 amide bonds. The molecule has 0 N–H and O–H groups in total. The minimum absolute atomic E-state index is 0.0855. The van der Waals surface area contributed by atoms with Gasteiger partial charge in [-0.25, -0.2) is 0 Å². The maximum Gasteiger partial charge on any atom is 0.146 e. The SMILES string of the molecule is CC(=O)[C@@H]1CCCCN1Cc1cc(Br)c(OCc2cccc(-c3ccccc3)c2C)cc1OCc1cncc(C#N)c1. The number of rotatable bonds is 10. The quantitative estimate of drug-likeness (QED) is 0.179. The van der Waals surface area contributed by atoms with E-state index in [1.165, 1.54) is 22.9 Å². The van der Waals surface area contributed by atoms with Crippen LogP contribution in [0.2, 0.25) is 0 Å². The summed E-state index contributed by atoms with van der Waals surface area (Å²) in [5.74, 6) is 1.55. The predicted octanol–water partition coefficient (Wildman–Crippen LogP) is 7.79. The number of Topliss-reactive ketones (excluding diaryl/α,β-unsaturated/α-hetero) is 1. The fourth-order valence-corrected chi connectivity index (χ4v) is 6.02. The Balaban J connectivity index is 1.41.